The Balaban J connectivity index is 2.09. The van der Waals surface area contributed by atoms with E-state index in [4.69, 9.17) is 16.3 Å². The molecule has 0 bridgehead atoms. The summed E-state index contributed by atoms with van der Waals surface area (Å²) in [6.07, 6.45) is 4.21. The zero-order valence-corrected chi connectivity index (χ0v) is 12.9. The molecule has 21 heavy (non-hydrogen) atoms. The molecule has 2 rings (SSSR count). The van der Waals surface area contributed by atoms with E-state index in [-0.39, 0.29) is 12.5 Å². The Hall–Kier alpha value is -1.73. The van der Waals surface area contributed by atoms with Crippen LogP contribution < -0.4 is 10.1 Å². The number of halogens is 1. The lowest BCUT2D eigenvalue weighted by molar-refractivity contribution is -0.129. The Morgan fingerprint density at radius 1 is 1.43 bits per heavy atom. The number of nitriles is 1. The van der Waals surface area contributed by atoms with Crippen LogP contribution in [0.5, 0.6) is 5.75 Å². The van der Waals surface area contributed by atoms with Gasteiger partial charge in [-0.05, 0) is 25.0 Å². The summed E-state index contributed by atoms with van der Waals surface area (Å²) in [6.45, 7) is 0.269. The normalized spacial score (nSPS) is 16.8. The summed E-state index contributed by atoms with van der Waals surface area (Å²) in [6, 6.07) is 7.57. The fourth-order valence-electron chi connectivity index (χ4n) is 2.78. The van der Waals surface area contributed by atoms with Gasteiger partial charge >= 0.3 is 0 Å². The van der Waals surface area contributed by atoms with Crippen LogP contribution in [-0.4, -0.2) is 13.0 Å². The van der Waals surface area contributed by atoms with Crippen LogP contribution in [0.1, 0.15) is 37.7 Å². The minimum Gasteiger partial charge on any atom is -0.496 e. The first-order valence-corrected chi connectivity index (χ1v) is 7.52. The lowest BCUT2D eigenvalue weighted by Gasteiger charge is -2.29. The van der Waals surface area contributed by atoms with Crippen LogP contribution in [0, 0.1) is 16.7 Å². The quantitative estimate of drug-likeness (QED) is 0.927. The highest BCUT2D eigenvalue weighted by atomic mass is 35.5. The van der Waals surface area contributed by atoms with Crippen LogP contribution in [0.15, 0.2) is 18.2 Å². The molecule has 1 saturated carbocycles. The van der Waals surface area contributed by atoms with E-state index < -0.39 is 5.41 Å². The van der Waals surface area contributed by atoms with Crippen molar-refractivity contribution in [1.82, 2.24) is 5.32 Å². The number of carbonyl (C=O) groups is 1. The van der Waals surface area contributed by atoms with Crippen LogP contribution >= 0.6 is 11.6 Å². The molecule has 0 radical (unpaired) electrons. The number of hydrogen-bond donors (Lipinski definition) is 1. The van der Waals surface area contributed by atoms with Gasteiger partial charge in [-0.2, -0.15) is 5.26 Å². The van der Waals surface area contributed by atoms with Gasteiger partial charge in [-0.1, -0.05) is 36.9 Å². The van der Waals surface area contributed by atoms with E-state index in [1.165, 1.54) is 0 Å². The van der Waals surface area contributed by atoms with Crippen molar-refractivity contribution < 1.29 is 9.53 Å². The Labute approximate surface area is 130 Å². The number of carbonyl (C=O) groups excluding carboxylic acids is 1. The molecule has 1 N–H and O–H groups in total. The monoisotopic (exact) mass is 306 g/mol. The molecule has 1 aromatic carbocycles. The fraction of sp³-hybridized carbons (Fsp3) is 0.500. The van der Waals surface area contributed by atoms with Gasteiger partial charge in [0.1, 0.15) is 11.2 Å². The minimum absolute atomic E-state index is 0.202. The van der Waals surface area contributed by atoms with Crippen molar-refractivity contribution in [1.29, 1.82) is 5.26 Å². The van der Waals surface area contributed by atoms with Crippen LogP contribution in [-0.2, 0) is 11.3 Å². The summed E-state index contributed by atoms with van der Waals surface area (Å²) in [5.74, 6) is 0.434. The number of nitrogens with one attached hydrogen (secondary N) is 1. The SMILES string of the molecule is COc1cccc(Cl)c1CNC(=O)C1(C#N)CCCCC1. The van der Waals surface area contributed by atoms with Crippen molar-refractivity contribution in [3.63, 3.8) is 0 Å². The first kappa shape index (κ1) is 15.7. The summed E-state index contributed by atoms with van der Waals surface area (Å²) in [4.78, 5) is 12.4. The lowest BCUT2D eigenvalue weighted by Crippen LogP contribution is -2.41. The van der Waals surface area contributed by atoms with Crippen molar-refractivity contribution >= 4 is 17.5 Å². The number of amides is 1. The molecule has 1 fully saturated rings. The van der Waals surface area contributed by atoms with Crippen LogP contribution in [0.25, 0.3) is 0 Å². The Morgan fingerprint density at radius 2 is 2.14 bits per heavy atom. The largest absolute Gasteiger partial charge is 0.496 e. The topological polar surface area (TPSA) is 62.1 Å². The van der Waals surface area contributed by atoms with Crippen LogP contribution in [0.2, 0.25) is 5.02 Å². The zero-order chi connectivity index (χ0) is 15.3. The first-order valence-electron chi connectivity index (χ1n) is 7.14. The summed E-state index contributed by atoms with van der Waals surface area (Å²) < 4.78 is 5.25. The van der Waals surface area contributed by atoms with Crippen molar-refractivity contribution in [3.05, 3.63) is 28.8 Å². The molecule has 0 heterocycles. The van der Waals surface area contributed by atoms with E-state index in [0.717, 1.165) is 24.8 Å². The van der Waals surface area contributed by atoms with Gasteiger partial charge in [-0.3, -0.25) is 4.79 Å². The van der Waals surface area contributed by atoms with E-state index >= 15 is 0 Å². The molecule has 1 aliphatic carbocycles. The second-order valence-corrected chi connectivity index (χ2v) is 5.77. The second kappa shape index (κ2) is 6.82. The number of benzene rings is 1. The molecule has 0 aliphatic heterocycles. The maximum absolute atomic E-state index is 12.4. The molecule has 5 heteroatoms. The molecule has 4 nitrogen and oxygen atoms in total. The molecule has 1 aliphatic rings. The van der Waals surface area contributed by atoms with Gasteiger partial charge in [0, 0.05) is 17.1 Å². The number of hydrogen-bond acceptors (Lipinski definition) is 3. The highest BCUT2D eigenvalue weighted by Crippen LogP contribution is 2.36. The molecule has 0 saturated heterocycles. The van der Waals surface area contributed by atoms with E-state index in [1.807, 2.05) is 0 Å². The van der Waals surface area contributed by atoms with Gasteiger partial charge in [0.25, 0.3) is 0 Å². The van der Waals surface area contributed by atoms with Gasteiger partial charge in [-0.15, -0.1) is 0 Å². The lowest BCUT2D eigenvalue weighted by atomic mass is 9.74. The van der Waals surface area contributed by atoms with E-state index in [0.29, 0.717) is 23.6 Å². The Kier molecular flexibility index (Phi) is 5.08. The molecular weight excluding hydrogens is 288 g/mol. The standard InChI is InChI=1S/C16H19ClN2O2/c1-21-14-7-5-6-13(17)12(14)10-19-15(20)16(11-18)8-3-2-4-9-16/h5-7H,2-4,8-10H2,1H3,(H,19,20). The molecule has 1 amide bonds. The molecular formula is C16H19ClN2O2. The summed E-state index contributed by atoms with van der Waals surface area (Å²) in [5.41, 5.74) is -0.147. The van der Waals surface area contributed by atoms with Gasteiger partial charge in [0.2, 0.25) is 5.91 Å². The highest BCUT2D eigenvalue weighted by molar-refractivity contribution is 6.31. The third-order valence-electron chi connectivity index (χ3n) is 4.08. The van der Waals surface area contributed by atoms with Gasteiger partial charge in [0.15, 0.2) is 0 Å². The second-order valence-electron chi connectivity index (χ2n) is 5.36. The maximum atomic E-state index is 12.4. The average Bonchev–Trinajstić information content (AvgIpc) is 2.53. The summed E-state index contributed by atoms with van der Waals surface area (Å²) >= 11 is 6.15. The molecule has 112 valence electrons. The minimum atomic E-state index is -0.882. The molecule has 0 unspecified atom stereocenters. The number of ether oxygens (including phenoxy) is 1. The Morgan fingerprint density at radius 3 is 2.76 bits per heavy atom. The zero-order valence-electron chi connectivity index (χ0n) is 12.1. The van der Waals surface area contributed by atoms with Gasteiger partial charge in [-0.25, -0.2) is 0 Å². The third-order valence-corrected chi connectivity index (χ3v) is 4.43. The smallest absolute Gasteiger partial charge is 0.240 e. The van der Waals surface area contributed by atoms with Crippen molar-refractivity contribution in [3.8, 4) is 11.8 Å². The predicted octanol–water partition coefficient (Wildman–Crippen LogP) is 3.44. The third kappa shape index (κ3) is 3.30. The fourth-order valence-corrected chi connectivity index (χ4v) is 3.02. The number of nitrogens with zero attached hydrogens (tertiary/aromatic N) is 1. The molecule has 0 spiro atoms. The van der Waals surface area contributed by atoms with Crippen LogP contribution in [0.4, 0.5) is 0 Å². The van der Waals surface area contributed by atoms with Gasteiger partial charge in [0.05, 0.1) is 13.2 Å². The number of rotatable bonds is 4. The van der Waals surface area contributed by atoms with Crippen molar-refractivity contribution in [2.24, 2.45) is 5.41 Å². The highest BCUT2D eigenvalue weighted by Gasteiger charge is 2.39. The van der Waals surface area contributed by atoms with Crippen molar-refractivity contribution in [2.45, 2.75) is 38.6 Å². The Bertz CT molecular complexity index is 560. The predicted molar refractivity (Wildman–Crippen MR) is 81.0 cm³/mol. The molecule has 0 atom stereocenters. The summed E-state index contributed by atoms with van der Waals surface area (Å²) in [5, 5.41) is 12.8. The van der Waals surface area contributed by atoms with E-state index in [2.05, 4.69) is 11.4 Å². The molecule has 1 aromatic rings. The van der Waals surface area contributed by atoms with E-state index in [1.54, 1.807) is 25.3 Å². The number of methoxy groups -OCH3 is 1. The molecule has 0 aromatic heterocycles. The van der Waals surface area contributed by atoms with Crippen LogP contribution in [0.3, 0.4) is 0 Å². The average molecular weight is 307 g/mol. The maximum Gasteiger partial charge on any atom is 0.240 e. The van der Waals surface area contributed by atoms with E-state index in [9.17, 15) is 10.1 Å². The first-order chi connectivity index (χ1) is 10.1. The summed E-state index contributed by atoms with van der Waals surface area (Å²) in [7, 11) is 1.56. The van der Waals surface area contributed by atoms with Gasteiger partial charge < -0.3 is 10.1 Å². The van der Waals surface area contributed by atoms with Crippen molar-refractivity contribution in [2.75, 3.05) is 7.11 Å².